The standard InChI is InChI=1S/C19H27N3O3/c1-15(23)20-10-12-22(13-11-20)19(24)16-6-8-21(9-7-16)17-4-3-5-18(14-17)25-2/h3-5,14,16H,6-13H2,1-2H3. The van der Waals surface area contributed by atoms with Gasteiger partial charge in [-0.25, -0.2) is 0 Å². The molecule has 136 valence electrons. The minimum absolute atomic E-state index is 0.0960. The Morgan fingerprint density at radius 3 is 2.24 bits per heavy atom. The Kier molecular flexibility index (Phi) is 5.46. The highest BCUT2D eigenvalue weighted by atomic mass is 16.5. The topological polar surface area (TPSA) is 53.1 Å². The van der Waals surface area contributed by atoms with Gasteiger partial charge in [0.05, 0.1) is 7.11 Å². The third kappa shape index (κ3) is 4.06. The zero-order valence-corrected chi connectivity index (χ0v) is 15.1. The molecule has 0 aromatic heterocycles. The van der Waals surface area contributed by atoms with E-state index in [2.05, 4.69) is 11.0 Å². The summed E-state index contributed by atoms with van der Waals surface area (Å²) in [6.07, 6.45) is 1.76. The molecule has 0 saturated carbocycles. The SMILES string of the molecule is COc1cccc(N2CCC(C(=O)N3CCN(C(C)=O)CC3)CC2)c1. The Bertz CT molecular complexity index is 618. The van der Waals surface area contributed by atoms with Crippen LogP contribution in [-0.2, 0) is 9.59 Å². The first kappa shape index (κ1) is 17.6. The van der Waals surface area contributed by atoms with Crippen molar-refractivity contribution in [3.63, 3.8) is 0 Å². The summed E-state index contributed by atoms with van der Waals surface area (Å²) >= 11 is 0. The molecule has 0 aliphatic carbocycles. The highest BCUT2D eigenvalue weighted by Crippen LogP contribution is 2.27. The molecule has 2 aliphatic rings. The van der Waals surface area contributed by atoms with Crippen LogP contribution in [0.5, 0.6) is 5.75 Å². The number of hydrogen-bond acceptors (Lipinski definition) is 4. The molecule has 6 heteroatoms. The lowest BCUT2D eigenvalue weighted by Gasteiger charge is -2.38. The van der Waals surface area contributed by atoms with Crippen LogP contribution in [0.25, 0.3) is 0 Å². The number of carbonyl (C=O) groups is 2. The van der Waals surface area contributed by atoms with E-state index in [9.17, 15) is 9.59 Å². The van der Waals surface area contributed by atoms with E-state index in [1.165, 1.54) is 0 Å². The summed E-state index contributed by atoms with van der Waals surface area (Å²) in [5.41, 5.74) is 1.15. The third-order valence-corrected chi connectivity index (χ3v) is 5.30. The van der Waals surface area contributed by atoms with Gasteiger partial charge in [0.2, 0.25) is 11.8 Å². The summed E-state index contributed by atoms with van der Waals surface area (Å²) in [6, 6.07) is 8.08. The Hall–Kier alpha value is -2.24. The second-order valence-electron chi connectivity index (χ2n) is 6.79. The maximum absolute atomic E-state index is 12.8. The molecule has 25 heavy (non-hydrogen) atoms. The molecule has 2 amide bonds. The van der Waals surface area contributed by atoms with E-state index in [0.29, 0.717) is 26.2 Å². The lowest BCUT2D eigenvalue weighted by molar-refractivity contribution is -0.141. The molecule has 1 aromatic carbocycles. The summed E-state index contributed by atoms with van der Waals surface area (Å²) in [6.45, 7) is 6.00. The average molecular weight is 345 g/mol. The number of hydrogen-bond donors (Lipinski definition) is 0. The first-order valence-corrected chi connectivity index (χ1v) is 9.02. The van der Waals surface area contributed by atoms with E-state index >= 15 is 0 Å². The van der Waals surface area contributed by atoms with Crippen LogP contribution >= 0.6 is 0 Å². The van der Waals surface area contributed by atoms with Crippen LogP contribution in [0.2, 0.25) is 0 Å². The van der Waals surface area contributed by atoms with Crippen LogP contribution in [0.15, 0.2) is 24.3 Å². The van der Waals surface area contributed by atoms with Gasteiger partial charge >= 0.3 is 0 Å². The quantitative estimate of drug-likeness (QED) is 0.835. The van der Waals surface area contributed by atoms with Gasteiger partial charge in [-0.3, -0.25) is 9.59 Å². The average Bonchev–Trinajstić information content (AvgIpc) is 2.67. The second kappa shape index (κ2) is 7.76. The molecule has 2 heterocycles. The Morgan fingerprint density at radius 1 is 1.00 bits per heavy atom. The molecule has 0 N–H and O–H groups in total. The molecule has 2 aliphatic heterocycles. The fraction of sp³-hybridized carbons (Fsp3) is 0.579. The van der Waals surface area contributed by atoms with Crippen LogP contribution < -0.4 is 9.64 Å². The van der Waals surface area contributed by atoms with Crippen molar-refractivity contribution in [3.8, 4) is 5.75 Å². The molecule has 0 radical (unpaired) electrons. The minimum atomic E-state index is 0.0960. The van der Waals surface area contributed by atoms with Gasteiger partial charge in [-0.15, -0.1) is 0 Å². The molecular weight excluding hydrogens is 318 g/mol. The van der Waals surface area contributed by atoms with Crippen molar-refractivity contribution in [3.05, 3.63) is 24.3 Å². The zero-order valence-electron chi connectivity index (χ0n) is 15.1. The summed E-state index contributed by atoms with van der Waals surface area (Å²) in [7, 11) is 1.68. The number of nitrogens with zero attached hydrogens (tertiary/aromatic N) is 3. The van der Waals surface area contributed by atoms with Crippen molar-refractivity contribution in [2.24, 2.45) is 5.92 Å². The number of piperidine rings is 1. The number of carbonyl (C=O) groups excluding carboxylic acids is 2. The predicted octanol–water partition coefficient (Wildman–Crippen LogP) is 1.60. The summed E-state index contributed by atoms with van der Waals surface area (Å²) < 4.78 is 5.29. The van der Waals surface area contributed by atoms with Crippen LogP contribution in [0.1, 0.15) is 19.8 Å². The summed E-state index contributed by atoms with van der Waals surface area (Å²) in [4.78, 5) is 30.2. The number of amides is 2. The molecule has 0 atom stereocenters. The van der Waals surface area contributed by atoms with E-state index in [4.69, 9.17) is 4.74 Å². The van der Waals surface area contributed by atoms with Crippen molar-refractivity contribution in [1.29, 1.82) is 0 Å². The Morgan fingerprint density at radius 2 is 1.64 bits per heavy atom. The van der Waals surface area contributed by atoms with Crippen LogP contribution in [-0.4, -0.2) is 68.0 Å². The van der Waals surface area contributed by atoms with Gasteiger partial charge in [0.25, 0.3) is 0 Å². The molecule has 2 saturated heterocycles. The van der Waals surface area contributed by atoms with Gasteiger partial charge in [-0.05, 0) is 25.0 Å². The smallest absolute Gasteiger partial charge is 0.225 e. The summed E-state index contributed by atoms with van der Waals surface area (Å²) in [5, 5.41) is 0. The molecule has 0 spiro atoms. The van der Waals surface area contributed by atoms with Gasteiger partial charge in [0.15, 0.2) is 0 Å². The highest BCUT2D eigenvalue weighted by Gasteiger charge is 2.30. The van der Waals surface area contributed by atoms with Crippen molar-refractivity contribution in [2.75, 3.05) is 51.3 Å². The number of anilines is 1. The number of rotatable bonds is 3. The predicted molar refractivity (Wildman–Crippen MR) is 96.8 cm³/mol. The largest absolute Gasteiger partial charge is 0.497 e. The number of methoxy groups -OCH3 is 1. The van der Waals surface area contributed by atoms with Crippen molar-refractivity contribution >= 4 is 17.5 Å². The van der Waals surface area contributed by atoms with E-state index in [1.54, 1.807) is 14.0 Å². The first-order valence-electron chi connectivity index (χ1n) is 9.02. The summed E-state index contributed by atoms with van der Waals surface area (Å²) in [5.74, 6) is 1.32. The molecule has 2 fully saturated rings. The maximum Gasteiger partial charge on any atom is 0.225 e. The van der Waals surface area contributed by atoms with Gasteiger partial charge in [-0.1, -0.05) is 6.07 Å². The van der Waals surface area contributed by atoms with Gasteiger partial charge in [0.1, 0.15) is 5.75 Å². The van der Waals surface area contributed by atoms with Gasteiger partial charge < -0.3 is 19.4 Å². The van der Waals surface area contributed by atoms with Crippen molar-refractivity contribution in [2.45, 2.75) is 19.8 Å². The van der Waals surface area contributed by atoms with E-state index < -0.39 is 0 Å². The second-order valence-corrected chi connectivity index (χ2v) is 6.79. The lowest BCUT2D eigenvalue weighted by atomic mass is 9.94. The van der Waals surface area contributed by atoms with E-state index in [1.807, 2.05) is 28.0 Å². The number of ether oxygens (including phenoxy) is 1. The Labute approximate surface area is 149 Å². The molecule has 3 rings (SSSR count). The maximum atomic E-state index is 12.8. The van der Waals surface area contributed by atoms with Crippen LogP contribution in [0.3, 0.4) is 0 Å². The molecule has 6 nitrogen and oxygen atoms in total. The Balaban J connectivity index is 1.52. The minimum Gasteiger partial charge on any atom is -0.497 e. The van der Waals surface area contributed by atoms with Crippen molar-refractivity contribution < 1.29 is 14.3 Å². The van der Waals surface area contributed by atoms with E-state index in [-0.39, 0.29) is 17.7 Å². The van der Waals surface area contributed by atoms with Gasteiger partial charge in [0, 0.05) is 63.9 Å². The van der Waals surface area contributed by atoms with Crippen LogP contribution in [0.4, 0.5) is 5.69 Å². The fourth-order valence-corrected chi connectivity index (χ4v) is 3.69. The molecule has 0 bridgehead atoms. The van der Waals surface area contributed by atoms with Crippen molar-refractivity contribution in [1.82, 2.24) is 9.80 Å². The highest BCUT2D eigenvalue weighted by molar-refractivity contribution is 5.80. The fourth-order valence-electron chi connectivity index (χ4n) is 3.69. The first-order chi connectivity index (χ1) is 12.1. The number of benzene rings is 1. The zero-order chi connectivity index (χ0) is 17.8. The van der Waals surface area contributed by atoms with E-state index in [0.717, 1.165) is 37.4 Å². The monoisotopic (exact) mass is 345 g/mol. The lowest BCUT2D eigenvalue weighted by Crippen LogP contribution is -2.52. The molecule has 1 aromatic rings. The molecule has 0 unspecified atom stereocenters. The molecular formula is C19H27N3O3. The third-order valence-electron chi connectivity index (χ3n) is 5.30. The van der Waals surface area contributed by atoms with Crippen LogP contribution in [0, 0.1) is 5.92 Å². The normalized spacial score (nSPS) is 19.0. The number of piperazine rings is 1. The van der Waals surface area contributed by atoms with Gasteiger partial charge in [-0.2, -0.15) is 0 Å².